The Hall–Kier alpha value is -3.81. The van der Waals surface area contributed by atoms with E-state index in [1.54, 1.807) is 55.1 Å². The minimum absolute atomic E-state index is 0.0349. The first-order valence-corrected chi connectivity index (χ1v) is 9.79. The smallest absolute Gasteiger partial charge is 0.311 e. The maximum absolute atomic E-state index is 12.9. The summed E-state index contributed by atoms with van der Waals surface area (Å²) in [6.07, 6.45) is -1.11. The number of aromatic nitrogens is 2. The third kappa shape index (κ3) is 4.69. The minimum atomic E-state index is -1.08. The summed E-state index contributed by atoms with van der Waals surface area (Å²) >= 11 is 0. The van der Waals surface area contributed by atoms with E-state index in [1.807, 2.05) is 18.2 Å². The van der Waals surface area contributed by atoms with Crippen molar-refractivity contribution in [3.63, 3.8) is 0 Å². The lowest BCUT2D eigenvalue weighted by molar-refractivity contribution is -0.152. The van der Waals surface area contributed by atoms with Gasteiger partial charge >= 0.3 is 5.97 Å². The van der Waals surface area contributed by atoms with Crippen molar-refractivity contribution < 1.29 is 19.1 Å². The van der Waals surface area contributed by atoms with E-state index >= 15 is 0 Å². The second-order valence-corrected chi connectivity index (χ2v) is 7.05. The number of carbonyl (C=O) groups is 2. The lowest BCUT2D eigenvalue weighted by atomic mass is 10.1. The summed E-state index contributed by atoms with van der Waals surface area (Å²) in [5, 5.41) is 2.61. The van der Waals surface area contributed by atoms with Crippen LogP contribution in [0, 0.1) is 6.92 Å². The first-order chi connectivity index (χ1) is 14.8. The average molecular weight is 423 g/mol. The fraction of sp³-hybridized carbons (Fsp3) is 0.261. The number of para-hydroxylation sites is 2. The van der Waals surface area contributed by atoms with Gasteiger partial charge in [-0.05, 0) is 32.0 Å². The lowest BCUT2D eigenvalue weighted by Gasteiger charge is -2.14. The van der Waals surface area contributed by atoms with Crippen LogP contribution in [0.5, 0.6) is 5.75 Å². The van der Waals surface area contributed by atoms with Gasteiger partial charge in [0, 0.05) is 12.6 Å². The van der Waals surface area contributed by atoms with Gasteiger partial charge in [0.1, 0.15) is 11.4 Å². The van der Waals surface area contributed by atoms with Crippen LogP contribution >= 0.6 is 0 Å². The van der Waals surface area contributed by atoms with Crippen LogP contribution in [0.15, 0.2) is 59.4 Å². The van der Waals surface area contributed by atoms with Crippen molar-refractivity contribution in [2.75, 3.05) is 12.4 Å². The molecule has 0 bridgehead atoms. The molecule has 8 heteroatoms. The fourth-order valence-corrected chi connectivity index (χ4v) is 3.23. The van der Waals surface area contributed by atoms with Gasteiger partial charge in [0.05, 0.1) is 24.9 Å². The van der Waals surface area contributed by atoms with E-state index in [1.165, 1.54) is 18.7 Å². The number of nitrogens with zero attached hydrogens (tertiary/aromatic N) is 2. The number of hydrogen-bond acceptors (Lipinski definition) is 5. The van der Waals surface area contributed by atoms with Gasteiger partial charge in [-0.3, -0.25) is 19.1 Å². The van der Waals surface area contributed by atoms with E-state index in [4.69, 9.17) is 9.47 Å². The number of benzene rings is 2. The van der Waals surface area contributed by atoms with Crippen molar-refractivity contribution in [3.8, 4) is 11.4 Å². The van der Waals surface area contributed by atoms with Crippen molar-refractivity contribution in [1.82, 2.24) is 9.36 Å². The normalized spacial score (nSPS) is 11.6. The van der Waals surface area contributed by atoms with Crippen molar-refractivity contribution in [2.45, 2.75) is 26.4 Å². The summed E-state index contributed by atoms with van der Waals surface area (Å²) in [5.74, 6) is -0.587. The van der Waals surface area contributed by atoms with Crippen molar-refractivity contribution in [3.05, 3.63) is 76.2 Å². The number of amides is 1. The van der Waals surface area contributed by atoms with Crippen LogP contribution < -0.4 is 15.6 Å². The summed E-state index contributed by atoms with van der Waals surface area (Å²) in [5.41, 5.74) is 1.69. The number of nitrogens with one attached hydrogen (secondary N) is 1. The second kappa shape index (κ2) is 9.34. The number of anilines is 1. The van der Waals surface area contributed by atoms with Crippen LogP contribution in [0.4, 0.5) is 5.69 Å². The summed E-state index contributed by atoms with van der Waals surface area (Å²) in [4.78, 5) is 37.8. The molecular weight excluding hydrogens is 398 g/mol. The van der Waals surface area contributed by atoms with Gasteiger partial charge < -0.3 is 14.8 Å². The third-order valence-electron chi connectivity index (χ3n) is 5.01. The molecule has 8 nitrogen and oxygen atoms in total. The zero-order valence-corrected chi connectivity index (χ0v) is 17.9. The quantitative estimate of drug-likeness (QED) is 0.590. The van der Waals surface area contributed by atoms with Gasteiger partial charge in [-0.2, -0.15) is 0 Å². The second-order valence-electron chi connectivity index (χ2n) is 7.05. The van der Waals surface area contributed by atoms with Crippen molar-refractivity contribution in [1.29, 1.82) is 0 Å². The number of esters is 1. The Kier molecular flexibility index (Phi) is 6.59. The molecule has 0 saturated heterocycles. The molecule has 0 unspecified atom stereocenters. The molecule has 3 aromatic rings. The van der Waals surface area contributed by atoms with Crippen LogP contribution in [-0.4, -0.2) is 34.5 Å². The maximum atomic E-state index is 12.9. The molecule has 1 N–H and O–H groups in total. The molecule has 1 amide bonds. The molecule has 0 aliphatic rings. The Bertz CT molecular complexity index is 1150. The summed E-state index contributed by atoms with van der Waals surface area (Å²) < 4.78 is 13.6. The molecule has 2 aromatic carbocycles. The van der Waals surface area contributed by atoms with Gasteiger partial charge in [-0.1, -0.05) is 36.4 Å². The summed E-state index contributed by atoms with van der Waals surface area (Å²) in [6.45, 7) is 3.19. The van der Waals surface area contributed by atoms with E-state index < -0.39 is 18.0 Å². The van der Waals surface area contributed by atoms with Crippen molar-refractivity contribution >= 4 is 17.6 Å². The lowest BCUT2D eigenvalue weighted by Crippen LogP contribution is -2.32. The average Bonchev–Trinajstić information content (AvgIpc) is 2.97. The number of ether oxygens (including phenoxy) is 2. The topological polar surface area (TPSA) is 91.6 Å². The van der Waals surface area contributed by atoms with Crippen LogP contribution in [-0.2, 0) is 27.8 Å². The first kappa shape index (κ1) is 21.9. The molecule has 1 aromatic heterocycles. The third-order valence-corrected chi connectivity index (χ3v) is 5.01. The molecular formula is C23H25N3O5. The highest BCUT2D eigenvalue weighted by atomic mass is 16.5. The molecule has 0 saturated carbocycles. The molecule has 0 aliphatic carbocycles. The molecule has 31 heavy (non-hydrogen) atoms. The highest BCUT2D eigenvalue weighted by molar-refractivity contribution is 5.95. The number of hydrogen-bond donors (Lipinski definition) is 1. The van der Waals surface area contributed by atoms with E-state index in [-0.39, 0.29) is 17.7 Å². The number of rotatable bonds is 7. The Balaban J connectivity index is 1.71. The Morgan fingerprint density at radius 1 is 1.06 bits per heavy atom. The number of methoxy groups -OCH3 is 1. The minimum Gasteiger partial charge on any atom is -0.496 e. The molecule has 0 radical (unpaired) electrons. The standard InChI is InChI=1S/C23H25N3O5/c1-15-21(23(29)26(25(15)3)18-11-6-5-7-12-18)24-22(28)16(2)31-20(27)14-17-10-8-9-13-19(17)30-4/h5-13,16H,14H2,1-4H3,(H,24,28)/t16-/m1/s1. The van der Waals surface area contributed by atoms with Gasteiger partial charge in [0.2, 0.25) is 0 Å². The Morgan fingerprint density at radius 3 is 2.39 bits per heavy atom. The van der Waals surface area contributed by atoms with E-state index in [0.29, 0.717) is 22.7 Å². The van der Waals surface area contributed by atoms with Crippen LogP contribution in [0.25, 0.3) is 5.69 Å². The van der Waals surface area contributed by atoms with Crippen LogP contribution in [0.1, 0.15) is 18.2 Å². The Labute approximate surface area is 180 Å². The first-order valence-electron chi connectivity index (χ1n) is 9.79. The highest BCUT2D eigenvalue weighted by Crippen LogP contribution is 2.19. The zero-order valence-electron chi connectivity index (χ0n) is 17.9. The molecule has 0 spiro atoms. The maximum Gasteiger partial charge on any atom is 0.311 e. The molecule has 0 aliphatic heterocycles. The highest BCUT2D eigenvalue weighted by Gasteiger charge is 2.23. The number of carbonyl (C=O) groups excluding carboxylic acids is 2. The fourth-order valence-electron chi connectivity index (χ4n) is 3.23. The van der Waals surface area contributed by atoms with Crippen molar-refractivity contribution in [2.24, 2.45) is 7.05 Å². The predicted octanol–water partition coefficient (Wildman–Crippen LogP) is 2.61. The summed E-state index contributed by atoms with van der Waals surface area (Å²) in [7, 11) is 3.25. The van der Waals surface area contributed by atoms with Gasteiger partial charge in [-0.15, -0.1) is 0 Å². The molecule has 1 heterocycles. The van der Waals surface area contributed by atoms with E-state index in [0.717, 1.165) is 0 Å². The molecule has 162 valence electrons. The van der Waals surface area contributed by atoms with Gasteiger partial charge in [0.15, 0.2) is 6.10 Å². The summed E-state index contributed by atoms with van der Waals surface area (Å²) in [6, 6.07) is 16.2. The van der Waals surface area contributed by atoms with Crippen LogP contribution in [0.3, 0.4) is 0 Å². The largest absolute Gasteiger partial charge is 0.496 e. The monoisotopic (exact) mass is 423 g/mol. The zero-order chi connectivity index (χ0) is 22.5. The van der Waals surface area contributed by atoms with E-state index in [2.05, 4.69) is 5.32 Å². The van der Waals surface area contributed by atoms with Gasteiger partial charge in [0.25, 0.3) is 11.5 Å². The molecule has 3 rings (SSSR count). The van der Waals surface area contributed by atoms with Crippen LogP contribution in [0.2, 0.25) is 0 Å². The SMILES string of the molecule is COc1ccccc1CC(=O)O[C@H](C)C(=O)Nc1c(C)n(C)n(-c2ccccc2)c1=O. The predicted molar refractivity (Wildman–Crippen MR) is 117 cm³/mol. The molecule has 0 fully saturated rings. The molecule has 1 atom stereocenters. The van der Waals surface area contributed by atoms with E-state index in [9.17, 15) is 14.4 Å². The Morgan fingerprint density at radius 2 is 1.71 bits per heavy atom. The van der Waals surface area contributed by atoms with Gasteiger partial charge in [-0.25, -0.2) is 4.68 Å².